The summed E-state index contributed by atoms with van der Waals surface area (Å²) in [4.78, 5) is 4.99. The molecule has 0 saturated carbocycles. The number of nitrogens with zero attached hydrogens (tertiary/aromatic N) is 1. The first-order valence-electron chi connectivity index (χ1n) is 17.6. The van der Waals surface area contributed by atoms with Gasteiger partial charge >= 0.3 is 0 Å². The largest absolute Gasteiger partial charge is 0.506 e. The average Bonchev–Trinajstić information content (AvgIpc) is 3.20. The highest BCUT2D eigenvalue weighted by atomic mass is 31.2. The standard InChI is InChI=1S/C45H34F6NO2P2/c1-29-45(54)42(26-53)43(27-55(36-14-2-30(46)3-15-36,37-16-4-31(47)5-17-37)38-18-6-32(48)7-19-38)44(52-29)28-56(39-20-8-33(49)9-21-39,40-22-10-34(50)11-23-40)41-24-12-35(51)13-25-41/h2-25,53H,26-28H2,1H3/q+1/p+1. The smallest absolute Gasteiger partial charge is 0.142 e. The van der Waals surface area contributed by atoms with Crippen molar-refractivity contribution in [1.82, 2.24) is 4.98 Å². The van der Waals surface area contributed by atoms with Crippen LogP contribution in [0.2, 0.25) is 0 Å². The van der Waals surface area contributed by atoms with Crippen molar-refractivity contribution in [3.63, 3.8) is 0 Å². The number of aliphatic hydroxyl groups is 1. The lowest BCUT2D eigenvalue weighted by Crippen LogP contribution is -2.35. The van der Waals surface area contributed by atoms with Gasteiger partial charge in [0.1, 0.15) is 99.3 Å². The molecule has 0 bridgehead atoms. The molecule has 7 rings (SSSR count). The molecular formula is C45H35F6NO2P2+2. The zero-order chi connectivity index (χ0) is 39.6. The fraction of sp³-hybridized carbons (Fsp3) is 0.0889. The van der Waals surface area contributed by atoms with Crippen LogP contribution in [0.25, 0.3) is 0 Å². The fourth-order valence-corrected chi connectivity index (χ4v) is 15.8. The van der Waals surface area contributed by atoms with Crippen molar-refractivity contribution >= 4 is 46.4 Å². The number of aromatic hydroxyl groups is 1. The topological polar surface area (TPSA) is 53.4 Å². The van der Waals surface area contributed by atoms with Gasteiger partial charge in [-0.05, 0) is 153 Å². The van der Waals surface area contributed by atoms with Gasteiger partial charge in [0.05, 0.1) is 18.0 Å². The molecule has 282 valence electrons. The molecular weight excluding hydrogens is 762 g/mol. The van der Waals surface area contributed by atoms with Crippen LogP contribution in [0, 0.1) is 41.8 Å². The lowest BCUT2D eigenvalue weighted by molar-refractivity contribution is 0.273. The van der Waals surface area contributed by atoms with Crippen LogP contribution >= 0.6 is 14.5 Å². The Morgan fingerprint density at radius 1 is 0.411 bits per heavy atom. The number of pyridine rings is 1. The molecule has 0 radical (unpaired) electrons. The molecule has 0 aliphatic heterocycles. The van der Waals surface area contributed by atoms with Crippen LogP contribution in [0.5, 0.6) is 5.75 Å². The van der Waals surface area contributed by atoms with Crippen LogP contribution in [-0.2, 0) is 18.9 Å². The van der Waals surface area contributed by atoms with Crippen LogP contribution < -0.4 is 31.8 Å². The first-order valence-corrected chi connectivity index (χ1v) is 21.5. The van der Waals surface area contributed by atoms with Crippen LogP contribution in [0.1, 0.15) is 22.5 Å². The Labute approximate surface area is 321 Å². The summed E-state index contributed by atoms with van der Waals surface area (Å²) in [6, 6.07) is 35.4. The molecule has 0 amide bonds. The summed E-state index contributed by atoms with van der Waals surface area (Å²) < 4.78 is 87.6. The van der Waals surface area contributed by atoms with E-state index in [0.717, 1.165) is 0 Å². The van der Waals surface area contributed by atoms with E-state index in [9.17, 15) is 36.6 Å². The van der Waals surface area contributed by atoms with Crippen molar-refractivity contribution < 1.29 is 36.6 Å². The van der Waals surface area contributed by atoms with E-state index in [1.54, 1.807) is 79.7 Å². The second-order valence-corrected chi connectivity index (χ2v) is 20.4. The SMILES string of the molecule is Cc1nc(C[P+](c2ccc(F)cc2)(c2ccc(F)cc2)c2ccc(F)cc2)c(C[P+](c2ccc(F)cc2)(c2ccc(F)cc2)c2ccc(F)cc2)c(CO)c1O. The Morgan fingerprint density at radius 2 is 0.661 bits per heavy atom. The molecule has 7 aromatic rings. The van der Waals surface area contributed by atoms with Gasteiger partial charge in [0.15, 0.2) is 0 Å². The minimum Gasteiger partial charge on any atom is -0.506 e. The molecule has 1 heterocycles. The van der Waals surface area contributed by atoms with Crippen molar-refractivity contribution in [2.45, 2.75) is 25.9 Å². The highest BCUT2D eigenvalue weighted by molar-refractivity contribution is 7.95. The predicted octanol–water partition coefficient (Wildman–Crippen LogP) is 8.41. The average molecular weight is 798 g/mol. The van der Waals surface area contributed by atoms with Crippen LogP contribution in [0.15, 0.2) is 146 Å². The summed E-state index contributed by atoms with van der Waals surface area (Å²) in [5.41, 5.74) is 1.22. The second-order valence-electron chi connectivity index (χ2n) is 13.4. The van der Waals surface area contributed by atoms with Gasteiger partial charge in [-0.3, -0.25) is 0 Å². The maximum absolute atomic E-state index is 14.6. The molecule has 0 atom stereocenters. The molecule has 0 aliphatic carbocycles. The van der Waals surface area contributed by atoms with Crippen LogP contribution in [0.4, 0.5) is 26.3 Å². The Morgan fingerprint density at radius 3 is 0.911 bits per heavy atom. The molecule has 2 N–H and O–H groups in total. The molecule has 0 aliphatic rings. The van der Waals surface area contributed by atoms with E-state index in [1.807, 2.05) is 0 Å². The molecule has 0 spiro atoms. The van der Waals surface area contributed by atoms with Gasteiger partial charge < -0.3 is 10.2 Å². The first-order chi connectivity index (χ1) is 26.9. The quantitative estimate of drug-likeness (QED) is 0.102. The Kier molecular flexibility index (Phi) is 11.1. The van der Waals surface area contributed by atoms with Gasteiger partial charge in [-0.1, -0.05) is 0 Å². The molecule has 56 heavy (non-hydrogen) atoms. The van der Waals surface area contributed by atoms with Crippen molar-refractivity contribution in [2.75, 3.05) is 0 Å². The minimum atomic E-state index is -3.14. The first kappa shape index (κ1) is 38.9. The maximum atomic E-state index is 14.6. The van der Waals surface area contributed by atoms with Gasteiger partial charge in [-0.15, -0.1) is 0 Å². The second kappa shape index (κ2) is 16.0. The van der Waals surface area contributed by atoms with Crippen molar-refractivity contribution in [2.24, 2.45) is 0 Å². The zero-order valence-electron chi connectivity index (χ0n) is 30.0. The van der Waals surface area contributed by atoms with E-state index in [1.165, 1.54) is 72.8 Å². The number of aryl methyl sites for hydroxylation is 1. The van der Waals surface area contributed by atoms with Crippen molar-refractivity contribution in [3.8, 4) is 5.75 Å². The van der Waals surface area contributed by atoms with E-state index in [2.05, 4.69) is 0 Å². The van der Waals surface area contributed by atoms with Gasteiger partial charge in [0, 0.05) is 11.1 Å². The Hall–Kier alpha value is -5.33. The molecule has 3 nitrogen and oxygen atoms in total. The monoisotopic (exact) mass is 797 g/mol. The van der Waals surface area contributed by atoms with Gasteiger partial charge in [0.2, 0.25) is 0 Å². The van der Waals surface area contributed by atoms with Gasteiger partial charge in [-0.25, -0.2) is 31.3 Å². The van der Waals surface area contributed by atoms with E-state index < -0.39 is 56.0 Å². The number of benzene rings is 6. The number of hydrogen-bond acceptors (Lipinski definition) is 3. The van der Waals surface area contributed by atoms with E-state index >= 15 is 0 Å². The third-order valence-corrected chi connectivity index (χ3v) is 18.8. The number of rotatable bonds is 11. The lowest BCUT2D eigenvalue weighted by Gasteiger charge is -2.31. The number of aromatic nitrogens is 1. The zero-order valence-corrected chi connectivity index (χ0v) is 31.8. The van der Waals surface area contributed by atoms with E-state index in [-0.39, 0.29) is 29.3 Å². The summed E-state index contributed by atoms with van der Waals surface area (Å²) in [6.07, 6.45) is 0.119. The van der Waals surface area contributed by atoms with E-state index in [0.29, 0.717) is 43.1 Å². The van der Waals surface area contributed by atoms with Gasteiger partial charge in [0.25, 0.3) is 0 Å². The van der Waals surface area contributed by atoms with E-state index in [4.69, 9.17) is 4.98 Å². The molecule has 6 aromatic carbocycles. The minimum absolute atomic E-state index is 0.0399. The highest BCUT2D eigenvalue weighted by Gasteiger charge is 2.50. The number of halogens is 6. The lowest BCUT2D eigenvalue weighted by atomic mass is 10.1. The predicted molar refractivity (Wildman–Crippen MR) is 214 cm³/mol. The summed E-state index contributed by atoms with van der Waals surface area (Å²) in [5.74, 6) is -3.20. The molecule has 0 saturated heterocycles. The van der Waals surface area contributed by atoms with Crippen molar-refractivity contribution in [1.29, 1.82) is 0 Å². The highest BCUT2D eigenvalue weighted by Crippen LogP contribution is 2.62. The van der Waals surface area contributed by atoms with Gasteiger partial charge in [-0.2, -0.15) is 0 Å². The summed E-state index contributed by atoms with van der Waals surface area (Å²) in [5, 5.41) is 26.6. The maximum Gasteiger partial charge on any atom is 0.142 e. The summed E-state index contributed by atoms with van der Waals surface area (Å²) in [6.45, 7) is 0.973. The number of hydrogen-bond donors (Lipinski definition) is 2. The summed E-state index contributed by atoms with van der Waals surface area (Å²) >= 11 is 0. The summed E-state index contributed by atoms with van der Waals surface area (Å²) in [7, 11) is -6.23. The molecule has 0 unspecified atom stereocenters. The normalized spacial score (nSPS) is 11.9. The molecule has 11 heteroatoms. The fourth-order valence-electron chi connectivity index (χ4n) is 7.42. The Bertz CT molecular complexity index is 2240. The van der Waals surface area contributed by atoms with Crippen LogP contribution in [0.3, 0.4) is 0 Å². The third kappa shape index (κ3) is 7.35. The van der Waals surface area contributed by atoms with Crippen LogP contribution in [-0.4, -0.2) is 15.2 Å². The molecule has 0 fully saturated rings. The van der Waals surface area contributed by atoms with Crippen molar-refractivity contribution in [3.05, 3.63) is 203 Å². The number of aliphatic hydroxyl groups excluding tert-OH is 1. The Balaban J connectivity index is 1.58. The molecule has 1 aromatic heterocycles. The third-order valence-electron chi connectivity index (χ3n) is 10.2.